The van der Waals surface area contributed by atoms with Crippen molar-refractivity contribution in [2.75, 3.05) is 26.2 Å². The molecule has 0 unspecified atom stereocenters. The van der Waals surface area contributed by atoms with Gasteiger partial charge >= 0.3 is 0 Å². The van der Waals surface area contributed by atoms with Gasteiger partial charge in [0.15, 0.2) is 0 Å². The van der Waals surface area contributed by atoms with E-state index in [-0.39, 0.29) is 0 Å². The molecule has 2 heterocycles. The predicted molar refractivity (Wildman–Crippen MR) is 70.5 cm³/mol. The lowest BCUT2D eigenvalue weighted by Gasteiger charge is -2.41. The molecule has 3 rings (SSSR count). The SMILES string of the molecule is N=C(C1CC1)N1CCC(N2CCCCC2)CC1. The van der Waals surface area contributed by atoms with E-state index in [4.69, 9.17) is 5.41 Å². The quantitative estimate of drug-likeness (QED) is 0.588. The molecule has 1 N–H and O–H groups in total. The van der Waals surface area contributed by atoms with Crippen molar-refractivity contribution in [2.24, 2.45) is 5.92 Å². The maximum atomic E-state index is 8.12. The van der Waals surface area contributed by atoms with E-state index >= 15 is 0 Å². The monoisotopic (exact) mass is 235 g/mol. The van der Waals surface area contributed by atoms with E-state index in [1.807, 2.05) is 0 Å². The predicted octanol–water partition coefficient (Wildman–Crippen LogP) is 2.32. The summed E-state index contributed by atoms with van der Waals surface area (Å²) in [4.78, 5) is 5.06. The summed E-state index contributed by atoms with van der Waals surface area (Å²) in [6.07, 6.45) is 9.35. The van der Waals surface area contributed by atoms with Gasteiger partial charge in [0.2, 0.25) is 0 Å². The maximum Gasteiger partial charge on any atom is 0.0989 e. The van der Waals surface area contributed by atoms with Crippen LogP contribution in [0.5, 0.6) is 0 Å². The van der Waals surface area contributed by atoms with Crippen molar-refractivity contribution < 1.29 is 0 Å². The summed E-state index contributed by atoms with van der Waals surface area (Å²) < 4.78 is 0. The standard InChI is InChI=1S/C14H25N3/c15-14(12-4-5-12)17-10-6-13(7-11-17)16-8-2-1-3-9-16/h12-13,15H,1-11H2. The molecule has 96 valence electrons. The van der Waals surface area contributed by atoms with Gasteiger partial charge < -0.3 is 9.80 Å². The summed E-state index contributed by atoms with van der Waals surface area (Å²) in [7, 11) is 0. The summed E-state index contributed by atoms with van der Waals surface area (Å²) in [6.45, 7) is 4.92. The molecule has 3 nitrogen and oxygen atoms in total. The van der Waals surface area contributed by atoms with Crippen LogP contribution in [0.25, 0.3) is 0 Å². The first-order valence-electron chi connectivity index (χ1n) is 7.42. The molecular weight excluding hydrogens is 210 g/mol. The van der Waals surface area contributed by atoms with Gasteiger partial charge in [-0.25, -0.2) is 0 Å². The Bertz CT molecular complexity index is 271. The van der Waals surface area contributed by atoms with Gasteiger partial charge in [0, 0.05) is 25.0 Å². The van der Waals surface area contributed by atoms with E-state index in [9.17, 15) is 0 Å². The van der Waals surface area contributed by atoms with Crippen LogP contribution in [0.1, 0.15) is 44.9 Å². The highest BCUT2D eigenvalue weighted by Gasteiger charge is 2.33. The number of rotatable bonds is 2. The maximum absolute atomic E-state index is 8.12. The van der Waals surface area contributed by atoms with E-state index in [1.165, 1.54) is 58.0 Å². The molecule has 1 aliphatic carbocycles. The molecule has 3 fully saturated rings. The first kappa shape index (κ1) is 11.5. The molecule has 3 heteroatoms. The van der Waals surface area contributed by atoms with Crippen LogP contribution >= 0.6 is 0 Å². The third kappa shape index (κ3) is 2.65. The van der Waals surface area contributed by atoms with Crippen LogP contribution in [0.4, 0.5) is 0 Å². The van der Waals surface area contributed by atoms with Gasteiger partial charge in [-0.2, -0.15) is 0 Å². The van der Waals surface area contributed by atoms with Crippen molar-refractivity contribution in [1.29, 1.82) is 5.41 Å². The van der Waals surface area contributed by atoms with Crippen LogP contribution in [0.15, 0.2) is 0 Å². The minimum absolute atomic E-state index is 0.626. The van der Waals surface area contributed by atoms with Gasteiger partial charge in [0.1, 0.15) is 0 Å². The van der Waals surface area contributed by atoms with Gasteiger partial charge in [-0.15, -0.1) is 0 Å². The number of hydrogen-bond donors (Lipinski definition) is 1. The molecule has 17 heavy (non-hydrogen) atoms. The average Bonchev–Trinajstić information content (AvgIpc) is 3.24. The van der Waals surface area contributed by atoms with Crippen LogP contribution in [-0.4, -0.2) is 47.9 Å². The molecule has 0 aromatic carbocycles. The smallest absolute Gasteiger partial charge is 0.0989 e. The van der Waals surface area contributed by atoms with Crippen molar-refractivity contribution in [3.63, 3.8) is 0 Å². The Kier molecular flexibility index (Phi) is 3.37. The van der Waals surface area contributed by atoms with Crippen molar-refractivity contribution in [1.82, 2.24) is 9.80 Å². The van der Waals surface area contributed by atoms with Gasteiger partial charge in [0.05, 0.1) is 5.84 Å². The molecule has 0 atom stereocenters. The third-order valence-corrected chi connectivity index (χ3v) is 4.68. The zero-order valence-electron chi connectivity index (χ0n) is 10.8. The molecule has 0 amide bonds. The van der Waals surface area contributed by atoms with Gasteiger partial charge in [0.25, 0.3) is 0 Å². The Labute approximate surface area is 105 Å². The van der Waals surface area contributed by atoms with Crippen LogP contribution < -0.4 is 0 Å². The second kappa shape index (κ2) is 4.97. The average molecular weight is 235 g/mol. The first-order chi connectivity index (χ1) is 8.34. The molecule has 3 aliphatic rings. The summed E-state index contributed by atoms with van der Waals surface area (Å²) in [6, 6.07) is 0.818. The topological polar surface area (TPSA) is 30.3 Å². The van der Waals surface area contributed by atoms with Crippen molar-refractivity contribution in [3.8, 4) is 0 Å². The Morgan fingerprint density at radius 3 is 2.06 bits per heavy atom. The molecule has 0 aromatic rings. The fourth-order valence-electron chi connectivity index (χ4n) is 3.37. The number of nitrogens with zero attached hydrogens (tertiary/aromatic N) is 2. The highest BCUT2D eigenvalue weighted by Crippen LogP contribution is 2.32. The highest BCUT2D eigenvalue weighted by molar-refractivity contribution is 5.83. The fourth-order valence-corrected chi connectivity index (χ4v) is 3.37. The van der Waals surface area contributed by atoms with Crippen molar-refractivity contribution in [3.05, 3.63) is 0 Å². The van der Waals surface area contributed by atoms with E-state index in [2.05, 4.69) is 9.80 Å². The van der Waals surface area contributed by atoms with Gasteiger partial charge in [-0.3, -0.25) is 5.41 Å². The molecular formula is C14H25N3. The van der Waals surface area contributed by atoms with Crippen LogP contribution in [0, 0.1) is 11.3 Å². The summed E-state index contributed by atoms with van der Waals surface area (Å²) in [5.41, 5.74) is 0. The molecule has 0 spiro atoms. The Morgan fingerprint density at radius 1 is 0.824 bits per heavy atom. The van der Waals surface area contributed by atoms with Crippen LogP contribution in [-0.2, 0) is 0 Å². The summed E-state index contributed by atoms with van der Waals surface area (Å²) >= 11 is 0. The van der Waals surface area contributed by atoms with Crippen LogP contribution in [0.2, 0.25) is 0 Å². The van der Waals surface area contributed by atoms with Gasteiger partial charge in [-0.05, 0) is 51.6 Å². The Hall–Kier alpha value is -0.570. The Morgan fingerprint density at radius 2 is 1.47 bits per heavy atom. The minimum Gasteiger partial charge on any atom is -0.360 e. The lowest BCUT2D eigenvalue weighted by atomic mass is 9.99. The summed E-state index contributed by atoms with van der Waals surface area (Å²) in [5.74, 6) is 1.57. The molecule has 0 bridgehead atoms. The number of hydrogen-bond acceptors (Lipinski definition) is 2. The largest absolute Gasteiger partial charge is 0.360 e. The second-order valence-corrected chi connectivity index (χ2v) is 5.97. The zero-order valence-corrected chi connectivity index (χ0v) is 10.8. The van der Waals surface area contributed by atoms with E-state index in [1.54, 1.807) is 0 Å². The third-order valence-electron chi connectivity index (χ3n) is 4.68. The summed E-state index contributed by atoms with van der Waals surface area (Å²) in [5, 5.41) is 8.12. The van der Waals surface area contributed by atoms with Crippen molar-refractivity contribution >= 4 is 5.84 Å². The van der Waals surface area contributed by atoms with E-state index in [0.717, 1.165) is 25.0 Å². The fraction of sp³-hybridized carbons (Fsp3) is 0.929. The number of amidine groups is 1. The molecule has 2 aliphatic heterocycles. The van der Waals surface area contributed by atoms with Gasteiger partial charge in [-0.1, -0.05) is 6.42 Å². The minimum atomic E-state index is 0.626. The Balaban J connectivity index is 1.47. The molecule has 0 aromatic heterocycles. The number of likely N-dealkylation sites (tertiary alicyclic amines) is 2. The van der Waals surface area contributed by atoms with Crippen molar-refractivity contribution in [2.45, 2.75) is 51.0 Å². The normalized spacial score (nSPS) is 28.4. The molecule has 0 radical (unpaired) electrons. The molecule has 1 saturated carbocycles. The number of nitrogens with one attached hydrogen (secondary N) is 1. The zero-order chi connectivity index (χ0) is 11.7. The first-order valence-corrected chi connectivity index (χ1v) is 7.42. The number of piperidine rings is 2. The lowest BCUT2D eigenvalue weighted by molar-refractivity contribution is 0.114. The molecule has 2 saturated heterocycles. The second-order valence-electron chi connectivity index (χ2n) is 5.97. The lowest BCUT2D eigenvalue weighted by Crippen LogP contribution is -2.48. The van der Waals surface area contributed by atoms with E-state index < -0.39 is 0 Å². The van der Waals surface area contributed by atoms with E-state index in [0.29, 0.717) is 5.92 Å². The highest BCUT2D eigenvalue weighted by atomic mass is 15.2. The van der Waals surface area contributed by atoms with Crippen LogP contribution in [0.3, 0.4) is 0 Å².